The van der Waals surface area contributed by atoms with E-state index in [4.69, 9.17) is 0 Å². The average molecular weight is 278 g/mol. The van der Waals surface area contributed by atoms with E-state index in [1.807, 2.05) is 0 Å². The molecule has 0 radical (unpaired) electrons. The predicted octanol–water partition coefficient (Wildman–Crippen LogP) is 3.81. The monoisotopic (exact) mass is 278 g/mol. The molecule has 1 N–H and O–H groups in total. The van der Waals surface area contributed by atoms with Gasteiger partial charge in [0, 0.05) is 24.7 Å². The molecule has 2 atom stereocenters. The van der Waals surface area contributed by atoms with Gasteiger partial charge in [-0.2, -0.15) is 0 Å². The van der Waals surface area contributed by atoms with E-state index in [9.17, 15) is 0 Å². The minimum atomic E-state index is 0.692. The second-order valence-corrected chi connectivity index (χ2v) is 8.05. The van der Waals surface area contributed by atoms with Crippen LogP contribution in [0.4, 0.5) is 0 Å². The van der Waals surface area contributed by atoms with E-state index in [2.05, 4.69) is 31.0 Å². The Kier molecular flexibility index (Phi) is 4.42. The van der Waals surface area contributed by atoms with Crippen molar-refractivity contribution in [3.8, 4) is 0 Å². The molecule has 2 heteroatoms. The quantitative estimate of drug-likeness (QED) is 0.795. The summed E-state index contributed by atoms with van der Waals surface area (Å²) in [4.78, 5) is 2.95. The Labute approximate surface area is 125 Å². The summed E-state index contributed by atoms with van der Waals surface area (Å²) in [5.74, 6) is 0.874. The fourth-order valence-electron chi connectivity index (χ4n) is 4.69. The molecule has 20 heavy (non-hydrogen) atoms. The van der Waals surface area contributed by atoms with Gasteiger partial charge < -0.3 is 5.32 Å². The molecule has 3 fully saturated rings. The number of nitrogens with zero attached hydrogens (tertiary/aromatic N) is 1. The molecule has 0 aromatic rings. The molecule has 116 valence electrons. The van der Waals surface area contributed by atoms with E-state index in [1.54, 1.807) is 0 Å². The highest BCUT2D eigenvalue weighted by molar-refractivity contribution is 5.03. The van der Waals surface area contributed by atoms with Crippen molar-refractivity contribution in [2.24, 2.45) is 11.3 Å². The Morgan fingerprint density at radius 1 is 1.15 bits per heavy atom. The number of nitrogens with one attached hydrogen (secondary N) is 1. The zero-order valence-corrected chi connectivity index (χ0v) is 13.8. The SMILES string of the molecule is CCCNC1CC2CCCC(C1)N2CC1(C(C)C)CC1. The maximum absolute atomic E-state index is 3.79. The average Bonchev–Trinajstić information content (AvgIpc) is 3.17. The van der Waals surface area contributed by atoms with Crippen molar-refractivity contribution in [1.82, 2.24) is 10.2 Å². The van der Waals surface area contributed by atoms with Crippen molar-refractivity contribution in [1.29, 1.82) is 0 Å². The van der Waals surface area contributed by atoms with E-state index in [0.717, 1.165) is 24.0 Å². The number of fused-ring (bicyclic) bond motifs is 2. The van der Waals surface area contributed by atoms with Crippen molar-refractivity contribution in [2.45, 2.75) is 90.3 Å². The third-order valence-corrected chi connectivity index (χ3v) is 6.42. The Morgan fingerprint density at radius 2 is 1.80 bits per heavy atom. The summed E-state index contributed by atoms with van der Waals surface area (Å²) in [6.45, 7) is 9.78. The van der Waals surface area contributed by atoms with Crippen LogP contribution >= 0.6 is 0 Å². The topological polar surface area (TPSA) is 15.3 Å². The summed E-state index contributed by atoms with van der Waals surface area (Å²) >= 11 is 0. The fourth-order valence-corrected chi connectivity index (χ4v) is 4.69. The van der Waals surface area contributed by atoms with Crippen LogP contribution in [0.2, 0.25) is 0 Å². The fraction of sp³-hybridized carbons (Fsp3) is 1.00. The summed E-state index contributed by atoms with van der Waals surface area (Å²) in [6, 6.07) is 2.57. The minimum Gasteiger partial charge on any atom is -0.314 e. The van der Waals surface area contributed by atoms with Crippen LogP contribution < -0.4 is 5.32 Å². The lowest BCUT2D eigenvalue weighted by Gasteiger charge is -2.50. The smallest absolute Gasteiger partial charge is 0.0113 e. The van der Waals surface area contributed by atoms with E-state index in [-0.39, 0.29) is 0 Å². The summed E-state index contributed by atoms with van der Waals surface area (Å²) in [6.07, 6.45) is 11.4. The Balaban J connectivity index is 1.62. The van der Waals surface area contributed by atoms with E-state index >= 15 is 0 Å². The Morgan fingerprint density at radius 3 is 2.30 bits per heavy atom. The van der Waals surface area contributed by atoms with Gasteiger partial charge in [0.25, 0.3) is 0 Å². The summed E-state index contributed by atoms with van der Waals surface area (Å²) in [7, 11) is 0. The number of piperidine rings is 2. The van der Waals surface area contributed by atoms with Crippen molar-refractivity contribution < 1.29 is 0 Å². The van der Waals surface area contributed by atoms with Gasteiger partial charge in [0.05, 0.1) is 0 Å². The van der Waals surface area contributed by atoms with Crippen molar-refractivity contribution >= 4 is 0 Å². The van der Waals surface area contributed by atoms with Gasteiger partial charge in [-0.25, -0.2) is 0 Å². The van der Waals surface area contributed by atoms with Crippen LogP contribution in [0.3, 0.4) is 0 Å². The van der Waals surface area contributed by atoms with Gasteiger partial charge in [0.15, 0.2) is 0 Å². The second kappa shape index (κ2) is 5.96. The number of hydrogen-bond acceptors (Lipinski definition) is 2. The molecule has 3 aliphatic rings. The molecule has 0 aromatic carbocycles. The van der Waals surface area contributed by atoms with E-state index < -0.39 is 0 Å². The molecule has 0 aromatic heterocycles. The van der Waals surface area contributed by atoms with E-state index in [0.29, 0.717) is 5.41 Å². The van der Waals surface area contributed by atoms with E-state index in [1.165, 1.54) is 64.5 Å². The molecule has 3 rings (SSSR count). The highest BCUT2D eigenvalue weighted by atomic mass is 15.2. The van der Waals surface area contributed by atoms with Gasteiger partial charge in [-0.1, -0.05) is 27.2 Å². The molecule has 0 spiro atoms. The molecule has 2 unspecified atom stereocenters. The van der Waals surface area contributed by atoms with Crippen LogP contribution in [0.25, 0.3) is 0 Å². The lowest BCUT2D eigenvalue weighted by atomic mass is 9.79. The van der Waals surface area contributed by atoms with Crippen LogP contribution in [0, 0.1) is 11.3 Å². The predicted molar refractivity (Wildman–Crippen MR) is 86.0 cm³/mol. The Hall–Kier alpha value is -0.0800. The highest BCUT2D eigenvalue weighted by Crippen LogP contribution is 2.53. The lowest BCUT2D eigenvalue weighted by molar-refractivity contribution is 0.00191. The largest absolute Gasteiger partial charge is 0.314 e. The van der Waals surface area contributed by atoms with Crippen LogP contribution in [0.1, 0.15) is 72.1 Å². The first-order valence-electron chi connectivity index (χ1n) is 9.14. The normalized spacial score (nSPS) is 36.3. The third kappa shape index (κ3) is 2.92. The van der Waals surface area contributed by atoms with Crippen molar-refractivity contribution in [3.05, 3.63) is 0 Å². The molecule has 2 nitrogen and oxygen atoms in total. The number of hydrogen-bond donors (Lipinski definition) is 1. The van der Waals surface area contributed by atoms with Gasteiger partial charge in [0.1, 0.15) is 0 Å². The lowest BCUT2D eigenvalue weighted by Crippen LogP contribution is -2.57. The van der Waals surface area contributed by atoms with Crippen LogP contribution in [0.15, 0.2) is 0 Å². The third-order valence-electron chi connectivity index (χ3n) is 6.42. The first-order valence-corrected chi connectivity index (χ1v) is 9.14. The van der Waals surface area contributed by atoms with Crippen LogP contribution in [0.5, 0.6) is 0 Å². The summed E-state index contributed by atoms with van der Waals surface area (Å²) in [5, 5.41) is 3.79. The molecule has 2 heterocycles. The minimum absolute atomic E-state index is 0.692. The molecule has 0 amide bonds. The van der Waals surface area contributed by atoms with Crippen molar-refractivity contribution in [3.63, 3.8) is 0 Å². The maximum atomic E-state index is 3.79. The highest BCUT2D eigenvalue weighted by Gasteiger charge is 2.49. The van der Waals surface area contributed by atoms with Crippen molar-refractivity contribution in [2.75, 3.05) is 13.1 Å². The summed E-state index contributed by atoms with van der Waals surface area (Å²) in [5.41, 5.74) is 0.692. The summed E-state index contributed by atoms with van der Waals surface area (Å²) < 4.78 is 0. The molecule has 1 saturated carbocycles. The number of rotatable bonds is 6. The second-order valence-electron chi connectivity index (χ2n) is 8.05. The molecule has 1 aliphatic carbocycles. The van der Waals surface area contributed by atoms with Gasteiger partial charge in [-0.3, -0.25) is 4.90 Å². The zero-order chi connectivity index (χ0) is 14.2. The van der Waals surface area contributed by atoms with Gasteiger partial charge >= 0.3 is 0 Å². The van der Waals surface area contributed by atoms with Gasteiger partial charge in [0.2, 0.25) is 0 Å². The first kappa shape index (κ1) is 14.8. The first-order chi connectivity index (χ1) is 9.64. The molecule has 2 saturated heterocycles. The molecular formula is C18H34N2. The maximum Gasteiger partial charge on any atom is 0.0113 e. The molecular weight excluding hydrogens is 244 g/mol. The molecule has 2 bridgehead atoms. The Bertz CT molecular complexity index is 307. The van der Waals surface area contributed by atoms with Gasteiger partial charge in [-0.05, 0) is 62.8 Å². The van der Waals surface area contributed by atoms with Crippen LogP contribution in [-0.2, 0) is 0 Å². The van der Waals surface area contributed by atoms with Crippen LogP contribution in [-0.4, -0.2) is 36.1 Å². The van der Waals surface area contributed by atoms with Gasteiger partial charge in [-0.15, -0.1) is 0 Å². The zero-order valence-electron chi connectivity index (χ0n) is 13.8. The molecule has 2 aliphatic heterocycles. The standard InChI is InChI=1S/C18H34N2/c1-4-10-19-15-11-16-6-5-7-17(12-15)20(16)13-18(8-9-18)14(2)3/h14-17,19H,4-13H2,1-3H3.